The van der Waals surface area contributed by atoms with Crippen molar-refractivity contribution in [2.45, 2.75) is 12.8 Å². The van der Waals surface area contributed by atoms with Crippen LogP contribution in [0.4, 0.5) is 0 Å². The smallest absolute Gasteiger partial charge is 0.278 e. The van der Waals surface area contributed by atoms with Crippen LogP contribution in [0.5, 0.6) is 0 Å². The lowest BCUT2D eigenvalue weighted by atomic mass is 9.99. The number of benzene rings is 1. The van der Waals surface area contributed by atoms with Gasteiger partial charge in [0.1, 0.15) is 0 Å². The Morgan fingerprint density at radius 1 is 0.950 bits per heavy atom. The lowest BCUT2D eigenvalue weighted by Gasteiger charge is -2.12. The molecule has 0 saturated carbocycles. The maximum absolute atomic E-state index is 12.6. The van der Waals surface area contributed by atoms with Crippen molar-refractivity contribution >= 4 is 28.5 Å². The van der Waals surface area contributed by atoms with Gasteiger partial charge in [-0.25, -0.2) is 9.36 Å². The number of hydrogen-bond donors (Lipinski definition) is 0. The zero-order valence-electron chi connectivity index (χ0n) is 10.5. The molecule has 0 N–H and O–H groups in total. The largest absolute Gasteiger partial charge is 0.294 e. The van der Waals surface area contributed by atoms with Crippen LogP contribution in [0.1, 0.15) is 12.8 Å². The van der Waals surface area contributed by atoms with E-state index in [1.165, 1.54) is 15.6 Å². The van der Waals surface area contributed by atoms with Crippen LogP contribution in [0.2, 0.25) is 0 Å². The molecule has 2 aromatic rings. The summed E-state index contributed by atoms with van der Waals surface area (Å²) in [6, 6.07) is 6.71. The Morgan fingerprint density at radius 2 is 1.65 bits per heavy atom. The first kappa shape index (κ1) is 11.2. The number of carbonyl (C=O) groups is 1. The average molecular weight is 266 g/mol. The summed E-state index contributed by atoms with van der Waals surface area (Å²) in [6.45, 7) is 0. The van der Waals surface area contributed by atoms with Crippen molar-refractivity contribution in [3.8, 4) is 0 Å². The molecule has 5 heteroatoms. The summed E-state index contributed by atoms with van der Waals surface area (Å²) in [5, 5.41) is 0.750. The van der Waals surface area contributed by atoms with Crippen molar-refractivity contribution in [1.82, 2.24) is 9.36 Å². The molecule has 20 heavy (non-hydrogen) atoms. The van der Waals surface area contributed by atoms with Crippen LogP contribution in [-0.4, -0.2) is 15.1 Å². The van der Waals surface area contributed by atoms with E-state index in [4.69, 9.17) is 0 Å². The van der Waals surface area contributed by atoms with Crippen LogP contribution >= 0.6 is 0 Å². The van der Waals surface area contributed by atoms with E-state index in [9.17, 15) is 14.4 Å². The fraction of sp³-hybridized carbons (Fsp3) is 0.133. The zero-order chi connectivity index (χ0) is 13.9. The highest BCUT2D eigenvalue weighted by Gasteiger charge is 2.29. The zero-order valence-corrected chi connectivity index (χ0v) is 10.5. The minimum Gasteiger partial charge on any atom is -0.294 e. The van der Waals surface area contributed by atoms with Gasteiger partial charge in [0, 0.05) is 12.6 Å². The molecule has 0 radical (unpaired) electrons. The molecule has 0 bridgehead atoms. The van der Waals surface area contributed by atoms with E-state index in [0.29, 0.717) is 34.9 Å². The molecular formula is C15H10N2O3. The summed E-state index contributed by atoms with van der Waals surface area (Å²) >= 11 is 0. The number of ketones is 1. The molecule has 0 spiro atoms. The standard InChI is InChI=1S/C15H10N2O3/c18-13-7-3-6-12-11(13)8-16-14(19)9-4-1-2-5-10(9)15(20)17(12)16/h1-2,4-6,8H,3,7H2. The summed E-state index contributed by atoms with van der Waals surface area (Å²) in [5.74, 6) is -0.0263. The van der Waals surface area contributed by atoms with Gasteiger partial charge in [-0.15, -0.1) is 0 Å². The molecule has 1 aromatic heterocycles. The minimum atomic E-state index is -0.282. The summed E-state index contributed by atoms with van der Waals surface area (Å²) in [7, 11) is 0. The Hall–Kier alpha value is -2.69. The van der Waals surface area contributed by atoms with Gasteiger partial charge in [-0.1, -0.05) is 18.2 Å². The van der Waals surface area contributed by atoms with E-state index in [2.05, 4.69) is 0 Å². The maximum atomic E-state index is 12.6. The van der Waals surface area contributed by atoms with E-state index in [1.54, 1.807) is 24.3 Å². The van der Waals surface area contributed by atoms with Gasteiger partial charge < -0.3 is 0 Å². The normalized spacial score (nSPS) is 16.7. The highest BCUT2D eigenvalue weighted by Crippen LogP contribution is 2.28. The van der Waals surface area contributed by atoms with Crippen molar-refractivity contribution in [2.75, 3.05) is 0 Å². The molecule has 0 unspecified atom stereocenters. The molecular weight excluding hydrogens is 256 g/mol. The second-order valence-electron chi connectivity index (χ2n) is 4.91. The van der Waals surface area contributed by atoms with Crippen molar-refractivity contribution < 1.29 is 4.79 Å². The van der Waals surface area contributed by atoms with Crippen LogP contribution in [-0.2, 0) is 4.79 Å². The van der Waals surface area contributed by atoms with Crippen molar-refractivity contribution in [3.63, 3.8) is 0 Å². The van der Waals surface area contributed by atoms with Crippen molar-refractivity contribution in [2.24, 2.45) is 0 Å². The molecule has 1 aromatic carbocycles. The number of allylic oxidation sites excluding steroid dienone is 3. The molecule has 5 nitrogen and oxygen atoms in total. The fourth-order valence-corrected chi connectivity index (χ4v) is 2.81. The summed E-state index contributed by atoms with van der Waals surface area (Å²) in [4.78, 5) is 36.9. The Kier molecular flexibility index (Phi) is 2.04. The fourth-order valence-electron chi connectivity index (χ4n) is 2.81. The van der Waals surface area contributed by atoms with Crippen LogP contribution in [0.15, 0.2) is 45.5 Å². The Balaban J connectivity index is 2.21. The monoisotopic (exact) mass is 266 g/mol. The highest BCUT2D eigenvalue weighted by atomic mass is 16.2. The number of carbonyl (C=O) groups excluding carboxylic acids is 1. The molecule has 0 amide bonds. The third kappa shape index (κ3) is 1.24. The lowest BCUT2D eigenvalue weighted by Crippen LogP contribution is -2.33. The van der Waals surface area contributed by atoms with E-state index >= 15 is 0 Å². The number of nitrogens with zero attached hydrogens (tertiary/aromatic N) is 2. The van der Waals surface area contributed by atoms with Gasteiger partial charge in [-0.3, -0.25) is 14.4 Å². The Labute approximate surface area is 113 Å². The number of fused-ring (bicyclic) bond motifs is 4. The van der Waals surface area contributed by atoms with Crippen molar-refractivity contribution in [3.05, 3.63) is 56.6 Å². The SMILES string of the molecule is O=C1CCC=C2C1=Cn1c(=O)c3ccccc3c(=O)n12. The van der Waals surface area contributed by atoms with Gasteiger partial charge in [0.05, 0.1) is 22.0 Å². The van der Waals surface area contributed by atoms with Gasteiger partial charge in [0.25, 0.3) is 11.1 Å². The van der Waals surface area contributed by atoms with Gasteiger partial charge in [0.2, 0.25) is 0 Å². The molecule has 1 aliphatic carbocycles. The van der Waals surface area contributed by atoms with Crippen LogP contribution in [0.3, 0.4) is 0 Å². The second-order valence-corrected chi connectivity index (χ2v) is 4.91. The molecule has 0 fully saturated rings. The van der Waals surface area contributed by atoms with Gasteiger partial charge in [-0.05, 0) is 18.6 Å². The first-order chi connectivity index (χ1) is 9.68. The van der Waals surface area contributed by atoms with Crippen LogP contribution in [0.25, 0.3) is 22.7 Å². The van der Waals surface area contributed by atoms with Gasteiger partial charge >= 0.3 is 0 Å². The third-order valence-corrected chi connectivity index (χ3v) is 3.77. The Morgan fingerprint density at radius 3 is 2.40 bits per heavy atom. The Bertz CT molecular complexity index is 957. The van der Waals surface area contributed by atoms with E-state index in [0.717, 1.165) is 0 Å². The average Bonchev–Trinajstić information content (AvgIpc) is 2.86. The minimum absolute atomic E-state index is 0.0263. The predicted octanol–water partition coefficient (Wildman–Crippen LogP) is 1.22. The maximum Gasteiger partial charge on any atom is 0.278 e. The molecule has 2 heterocycles. The van der Waals surface area contributed by atoms with Crippen LogP contribution < -0.4 is 11.1 Å². The topological polar surface area (TPSA) is 61.1 Å². The molecule has 2 aliphatic rings. The first-order valence-corrected chi connectivity index (χ1v) is 6.41. The highest BCUT2D eigenvalue weighted by molar-refractivity contribution is 6.12. The first-order valence-electron chi connectivity index (χ1n) is 6.41. The third-order valence-electron chi connectivity index (χ3n) is 3.77. The van der Waals surface area contributed by atoms with Crippen LogP contribution in [0, 0.1) is 0 Å². The number of hydrogen-bond acceptors (Lipinski definition) is 3. The van der Waals surface area contributed by atoms with Crippen molar-refractivity contribution in [1.29, 1.82) is 0 Å². The number of aromatic nitrogens is 2. The molecule has 4 rings (SSSR count). The summed E-state index contributed by atoms with van der Waals surface area (Å²) in [5.41, 5.74) is 0.433. The molecule has 0 atom stereocenters. The quantitative estimate of drug-likeness (QED) is 0.720. The second kappa shape index (κ2) is 3.66. The van der Waals surface area contributed by atoms with E-state index < -0.39 is 0 Å². The summed E-state index contributed by atoms with van der Waals surface area (Å²) < 4.78 is 2.55. The molecule has 98 valence electrons. The predicted molar refractivity (Wildman–Crippen MR) is 75.3 cm³/mol. The van der Waals surface area contributed by atoms with Gasteiger partial charge in [-0.2, -0.15) is 0 Å². The number of Topliss-reactive ketones (excluding diaryl/α,β-unsaturated/α-hetero) is 1. The lowest BCUT2D eigenvalue weighted by molar-refractivity contribution is -0.115. The summed E-state index contributed by atoms with van der Waals surface area (Å²) in [6.07, 6.45) is 4.33. The van der Waals surface area contributed by atoms with Gasteiger partial charge in [0.15, 0.2) is 5.78 Å². The molecule has 1 aliphatic heterocycles. The van der Waals surface area contributed by atoms with E-state index in [1.807, 2.05) is 6.08 Å². The van der Waals surface area contributed by atoms with E-state index in [-0.39, 0.29) is 16.9 Å². The number of rotatable bonds is 0. The molecule has 0 saturated heterocycles.